The third kappa shape index (κ3) is 1.82. The van der Waals surface area contributed by atoms with Crippen molar-refractivity contribution in [1.82, 2.24) is 15.3 Å². The fraction of sp³-hybridized carbons (Fsp3) is 0.714. The van der Waals surface area contributed by atoms with E-state index >= 15 is 0 Å². The number of nitrogens with one attached hydrogen (secondary N) is 1. The summed E-state index contributed by atoms with van der Waals surface area (Å²) in [6.07, 6.45) is 1.18. The predicted molar refractivity (Wildman–Crippen MR) is 71.9 cm³/mol. The monoisotopic (exact) mass is 278 g/mol. The molecular formula is C14H19FN4O. The van der Waals surface area contributed by atoms with E-state index in [0.717, 1.165) is 26.2 Å². The van der Waals surface area contributed by atoms with Crippen molar-refractivity contribution in [2.24, 2.45) is 11.8 Å². The zero-order chi connectivity index (χ0) is 13.9. The molecule has 2 N–H and O–H groups in total. The average molecular weight is 278 g/mol. The van der Waals surface area contributed by atoms with Crippen LogP contribution in [0, 0.1) is 24.6 Å². The van der Waals surface area contributed by atoms with Gasteiger partial charge in [-0.1, -0.05) is 0 Å². The van der Waals surface area contributed by atoms with Gasteiger partial charge in [0.2, 0.25) is 5.95 Å². The van der Waals surface area contributed by atoms with E-state index in [1.165, 1.54) is 0 Å². The summed E-state index contributed by atoms with van der Waals surface area (Å²) < 4.78 is 14.1. The van der Waals surface area contributed by atoms with E-state index in [1.54, 1.807) is 6.92 Å². The van der Waals surface area contributed by atoms with Gasteiger partial charge in [0, 0.05) is 26.2 Å². The molecule has 3 heterocycles. The van der Waals surface area contributed by atoms with Crippen LogP contribution < -0.4 is 10.2 Å². The number of fused-ring (bicyclic) bond motifs is 1. The number of aromatic nitrogens is 2. The summed E-state index contributed by atoms with van der Waals surface area (Å²) in [4.78, 5) is 10.8. The molecule has 1 aromatic heterocycles. The maximum absolute atomic E-state index is 14.1. The Balaban J connectivity index is 1.67. The maximum Gasteiger partial charge on any atom is 0.226 e. The van der Waals surface area contributed by atoms with Gasteiger partial charge in [-0.25, -0.2) is 14.4 Å². The summed E-state index contributed by atoms with van der Waals surface area (Å²) >= 11 is 0. The van der Waals surface area contributed by atoms with Crippen LogP contribution in [-0.2, 0) is 5.60 Å². The Morgan fingerprint density at radius 2 is 1.90 bits per heavy atom. The van der Waals surface area contributed by atoms with Crippen LogP contribution in [0.4, 0.5) is 10.3 Å². The molecular weight excluding hydrogens is 259 g/mol. The molecule has 1 aliphatic carbocycles. The Hall–Kier alpha value is -1.27. The minimum absolute atomic E-state index is 0.190. The topological polar surface area (TPSA) is 61.3 Å². The number of nitrogens with zero attached hydrogens (tertiary/aromatic N) is 3. The highest BCUT2D eigenvalue weighted by Crippen LogP contribution is 2.46. The zero-order valence-corrected chi connectivity index (χ0v) is 11.6. The van der Waals surface area contributed by atoms with Gasteiger partial charge in [-0.15, -0.1) is 0 Å². The smallest absolute Gasteiger partial charge is 0.226 e. The fourth-order valence-electron chi connectivity index (χ4n) is 3.37. The van der Waals surface area contributed by atoms with Crippen LogP contribution in [0.15, 0.2) is 0 Å². The van der Waals surface area contributed by atoms with Crippen molar-refractivity contribution in [1.29, 1.82) is 0 Å². The number of anilines is 1. The first-order chi connectivity index (χ1) is 9.57. The Labute approximate surface area is 117 Å². The van der Waals surface area contributed by atoms with Crippen molar-refractivity contribution < 1.29 is 9.50 Å². The first kappa shape index (κ1) is 12.5. The summed E-state index contributed by atoms with van der Waals surface area (Å²) in [5.74, 6) is 1.40. The van der Waals surface area contributed by atoms with E-state index in [2.05, 4.69) is 20.2 Å². The van der Waals surface area contributed by atoms with E-state index in [-0.39, 0.29) is 5.69 Å². The van der Waals surface area contributed by atoms with Crippen LogP contribution in [0.1, 0.15) is 24.2 Å². The van der Waals surface area contributed by atoms with Crippen LogP contribution in [0.5, 0.6) is 0 Å². The van der Waals surface area contributed by atoms with Gasteiger partial charge in [-0.2, -0.15) is 0 Å². The molecule has 6 heteroatoms. The summed E-state index contributed by atoms with van der Waals surface area (Å²) in [7, 11) is 0. The fourth-order valence-corrected chi connectivity index (χ4v) is 3.37. The largest absolute Gasteiger partial charge is 0.383 e. The Kier molecular flexibility index (Phi) is 2.57. The van der Waals surface area contributed by atoms with E-state index in [1.807, 2.05) is 0 Å². The molecule has 108 valence electrons. The molecule has 4 rings (SSSR count). The van der Waals surface area contributed by atoms with Gasteiger partial charge in [0.15, 0.2) is 5.82 Å². The Bertz CT molecular complexity index is 548. The molecule has 3 fully saturated rings. The highest BCUT2D eigenvalue weighted by atomic mass is 19.1. The molecule has 2 saturated heterocycles. The molecule has 0 radical (unpaired) electrons. The second-order valence-corrected chi connectivity index (χ2v) is 6.39. The Morgan fingerprint density at radius 3 is 2.50 bits per heavy atom. The minimum atomic E-state index is -1.05. The van der Waals surface area contributed by atoms with Crippen LogP contribution in [-0.4, -0.2) is 41.3 Å². The number of aryl methyl sites for hydroxylation is 1. The van der Waals surface area contributed by atoms with Gasteiger partial charge in [0.1, 0.15) is 11.3 Å². The van der Waals surface area contributed by atoms with Crippen molar-refractivity contribution >= 4 is 5.95 Å². The van der Waals surface area contributed by atoms with Crippen molar-refractivity contribution in [3.63, 3.8) is 0 Å². The van der Waals surface area contributed by atoms with E-state index in [4.69, 9.17) is 0 Å². The highest BCUT2D eigenvalue weighted by molar-refractivity contribution is 5.38. The lowest BCUT2D eigenvalue weighted by molar-refractivity contribution is 0.141. The molecule has 2 atom stereocenters. The molecule has 0 aromatic carbocycles. The molecule has 2 aliphatic heterocycles. The average Bonchev–Trinajstić information content (AvgIpc) is 2.86. The summed E-state index contributed by atoms with van der Waals surface area (Å²) in [6.45, 7) is 5.56. The van der Waals surface area contributed by atoms with Crippen LogP contribution in [0.25, 0.3) is 0 Å². The molecule has 0 bridgehead atoms. The lowest BCUT2D eigenvalue weighted by Gasteiger charge is -2.20. The van der Waals surface area contributed by atoms with Crippen LogP contribution >= 0.6 is 0 Å². The quantitative estimate of drug-likeness (QED) is 0.828. The van der Waals surface area contributed by atoms with Crippen LogP contribution in [0.3, 0.4) is 0 Å². The molecule has 0 spiro atoms. The van der Waals surface area contributed by atoms with Crippen molar-refractivity contribution in [2.75, 3.05) is 31.1 Å². The number of aliphatic hydroxyl groups is 1. The lowest BCUT2D eigenvalue weighted by Crippen LogP contribution is -2.28. The zero-order valence-electron chi connectivity index (χ0n) is 11.6. The molecule has 5 nitrogen and oxygen atoms in total. The third-order valence-electron chi connectivity index (χ3n) is 4.84. The van der Waals surface area contributed by atoms with Gasteiger partial charge in [0.25, 0.3) is 0 Å². The number of hydrogen-bond donors (Lipinski definition) is 2. The second-order valence-electron chi connectivity index (χ2n) is 6.39. The predicted octanol–water partition coefficient (Wildman–Crippen LogP) is 0.561. The van der Waals surface area contributed by atoms with Crippen molar-refractivity contribution in [3.8, 4) is 0 Å². The standard InChI is InChI=1S/C14H19FN4O/c1-8-11(15)12(14(20)2-3-14)18-13(17-8)19-6-9-4-16-5-10(9)7-19/h9-10,16,20H,2-7H2,1H3/t9-,10+. The van der Waals surface area contributed by atoms with Gasteiger partial charge < -0.3 is 15.3 Å². The molecule has 20 heavy (non-hydrogen) atoms. The van der Waals surface area contributed by atoms with E-state index in [0.29, 0.717) is 36.3 Å². The Morgan fingerprint density at radius 1 is 1.25 bits per heavy atom. The molecule has 0 amide bonds. The first-order valence-electron chi connectivity index (χ1n) is 7.29. The van der Waals surface area contributed by atoms with Crippen molar-refractivity contribution in [3.05, 3.63) is 17.2 Å². The van der Waals surface area contributed by atoms with Crippen molar-refractivity contribution in [2.45, 2.75) is 25.4 Å². The second kappa shape index (κ2) is 4.11. The van der Waals surface area contributed by atoms with E-state index < -0.39 is 11.4 Å². The molecule has 0 unspecified atom stereocenters. The molecule has 1 aromatic rings. The van der Waals surface area contributed by atoms with Gasteiger partial charge in [-0.05, 0) is 31.6 Å². The van der Waals surface area contributed by atoms with Gasteiger partial charge in [0.05, 0.1) is 5.69 Å². The summed E-state index contributed by atoms with van der Waals surface area (Å²) in [5.41, 5.74) is -0.528. The summed E-state index contributed by atoms with van der Waals surface area (Å²) in [6, 6.07) is 0. The molecule has 1 saturated carbocycles. The number of rotatable bonds is 2. The first-order valence-corrected chi connectivity index (χ1v) is 7.29. The van der Waals surface area contributed by atoms with Gasteiger partial charge >= 0.3 is 0 Å². The maximum atomic E-state index is 14.1. The number of hydrogen-bond acceptors (Lipinski definition) is 5. The summed E-state index contributed by atoms with van der Waals surface area (Å²) in [5, 5.41) is 13.6. The highest BCUT2D eigenvalue weighted by Gasteiger charge is 2.47. The minimum Gasteiger partial charge on any atom is -0.383 e. The lowest BCUT2D eigenvalue weighted by atomic mass is 10.0. The third-order valence-corrected chi connectivity index (χ3v) is 4.84. The molecule has 3 aliphatic rings. The van der Waals surface area contributed by atoms with Crippen LogP contribution in [0.2, 0.25) is 0 Å². The normalized spacial score (nSPS) is 30.6. The van der Waals surface area contributed by atoms with Gasteiger partial charge in [-0.3, -0.25) is 0 Å². The van der Waals surface area contributed by atoms with E-state index in [9.17, 15) is 9.50 Å². The SMILES string of the molecule is Cc1nc(N2C[C@H]3CNC[C@H]3C2)nc(C2(O)CC2)c1F. The number of halogens is 1.